The SMILES string of the molecule is CC(NC(=O)C(=O)NC1CCCCC1)C12CC3CC(CC(C3)C1)C2. The first-order valence-electron chi connectivity index (χ1n) is 10.2. The molecule has 4 bridgehead atoms. The predicted molar refractivity (Wildman–Crippen MR) is 93.2 cm³/mol. The van der Waals surface area contributed by atoms with Gasteiger partial charge in [0.1, 0.15) is 0 Å². The van der Waals surface area contributed by atoms with Crippen molar-refractivity contribution in [2.45, 2.75) is 89.6 Å². The molecule has 5 saturated carbocycles. The lowest BCUT2D eigenvalue weighted by molar-refractivity contribution is -0.142. The van der Waals surface area contributed by atoms with Crippen LogP contribution >= 0.6 is 0 Å². The van der Waals surface area contributed by atoms with Crippen molar-refractivity contribution in [2.75, 3.05) is 0 Å². The molecule has 2 amide bonds. The monoisotopic (exact) mass is 332 g/mol. The number of hydrogen-bond donors (Lipinski definition) is 2. The topological polar surface area (TPSA) is 58.2 Å². The Labute approximate surface area is 145 Å². The first kappa shape index (κ1) is 16.4. The molecule has 5 rings (SSSR count). The zero-order valence-electron chi connectivity index (χ0n) is 15.0. The second kappa shape index (κ2) is 6.34. The van der Waals surface area contributed by atoms with E-state index in [1.807, 2.05) is 0 Å². The molecule has 5 fully saturated rings. The third kappa shape index (κ3) is 3.09. The molecule has 5 aliphatic carbocycles. The quantitative estimate of drug-likeness (QED) is 0.780. The summed E-state index contributed by atoms with van der Waals surface area (Å²) in [6.45, 7) is 2.14. The first-order valence-corrected chi connectivity index (χ1v) is 10.2. The van der Waals surface area contributed by atoms with Crippen molar-refractivity contribution in [3.63, 3.8) is 0 Å². The van der Waals surface area contributed by atoms with Crippen LogP contribution in [0.5, 0.6) is 0 Å². The van der Waals surface area contributed by atoms with Crippen LogP contribution in [-0.2, 0) is 9.59 Å². The Kier molecular flexibility index (Phi) is 4.34. The lowest BCUT2D eigenvalue weighted by atomic mass is 9.48. The third-order valence-electron chi connectivity index (χ3n) is 7.50. The van der Waals surface area contributed by atoms with Crippen LogP contribution in [0.3, 0.4) is 0 Å². The van der Waals surface area contributed by atoms with Gasteiger partial charge >= 0.3 is 11.8 Å². The van der Waals surface area contributed by atoms with Gasteiger partial charge in [0.05, 0.1) is 0 Å². The molecule has 0 saturated heterocycles. The lowest BCUT2D eigenvalue weighted by Crippen LogP contribution is -2.57. The maximum absolute atomic E-state index is 12.4. The maximum Gasteiger partial charge on any atom is 0.309 e. The van der Waals surface area contributed by atoms with Gasteiger partial charge in [0.15, 0.2) is 0 Å². The van der Waals surface area contributed by atoms with Crippen molar-refractivity contribution in [3.05, 3.63) is 0 Å². The van der Waals surface area contributed by atoms with E-state index < -0.39 is 11.8 Å². The Morgan fingerprint density at radius 3 is 1.96 bits per heavy atom. The molecule has 0 aromatic carbocycles. The van der Waals surface area contributed by atoms with Gasteiger partial charge in [-0.1, -0.05) is 19.3 Å². The number of amides is 2. The van der Waals surface area contributed by atoms with Crippen LogP contribution in [0.25, 0.3) is 0 Å². The maximum atomic E-state index is 12.4. The number of carbonyl (C=O) groups is 2. The van der Waals surface area contributed by atoms with Gasteiger partial charge in [-0.05, 0) is 81.5 Å². The van der Waals surface area contributed by atoms with Crippen LogP contribution in [-0.4, -0.2) is 23.9 Å². The Balaban J connectivity index is 1.34. The van der Waals surface area contributed by atoms with Gasteiger partial charge in [0.2, 0.25) is 0 Å². The fourth-order valence-electron chi connectivity index (χ4n) is 6.62. The average molecular weight is 332 g/mol. The molecule has 24 heavy (non-hydrogen) atoms. The van der Waals surface area contributed by atoms with E-state index in [0.29, 0.717) is 0 Å². The van der Waals surface area contributed by atoms with Crippen molar-refractivity contribution < 1.29 is 9.59 Å². The molecule has 0 heterocycles. The second-order valence-corrected chi connectivity index (χ2v) is 9.28. The Morgan fingerprint density at radius 2 is 1.42 bits per heavy atom. The standard InChI is InChI=1S/C20H32N2O2/c1-13(20-10-14-7-15(11-20)9-16(8-14)12-20)21-18(23)19(24)22-17-5-3-2-4-6-17/h13-17H,2-12H2,1H3,(H,21,23)(H,22,24). The molecule has 5 aliphatic rings. The number of rotatable bonds is 3. The largest absolute Gasteiger partial charge is 0.345 e. The summed E-state index contributed by atoms with van der Waals surface area (Å²) in [6, 6.07) is 0.322. The van der Waals surface area contributed by atoms with E-state index in [2.05, 4.69) is 17.6 Å². The van der Waals surface area contributed by atoms with Crippen molar-refractivity contribution in [2.24, 2.45) is 23.2 Å². The van der Waals surface area contributed by atoms with Crippen molar-refractivity contribution in [1.82, 2.24) is 10.6 Å². The molecule has 4 heteroatoms. The smallest absolute Gasteiger partial charge is 0.309 e. The van der Waals surface area contributed by atoms with Gasteiger partial charge < -0.3 is 10.6 Å². The Bertz CT molecular complexity index is 474. The Morgan fingerprint density at radius 1 is 0.875 bits per heavy atom. The van der Waals surface area contributed by atoms with E-state index >= 15 is 0 Å². The van der Waals surface area contributed by atoms with Crippen LogP contribution < -0.4 is 10.6 Å². The molecular formula is C20H32N2O2. The first-order chi connectivity index (χ1) is 11.5. The molecule has 1 unspecified atom stereocenters. The molecule has 0 aliphatic heterocycles. The summed E-state index contributed by atoms with van der Waals surface area (Å²) < 4.78 is 0. The summed E-state index contributed by atoms with van der Waals surface area (Å²) in [6.07, 6.45) is 13.6. The minimum atomic E-state index is -0.418. The minimum absolute atomic E-state index is 0.121. The second-order valence-electron chi connectivity index (χ2n) is 9.28. The zero-order valence-corrected chi connectivity index (χ0v) is 15.0. The molecule has 1 atom stereocenters. The number of hydrogen-bond acceptors (Lipinski definition) is 2. The molecule has 4 nitrogen and oxygen atoms in total. The van der Waals surface area contributed by atoms with Gasteiger partial charge in [-0.2, -0.15) is 0 Å². The van der Waals surface area contributed by atoms with Crippen molar-refractivity contribution >= 4 is 11.8 Å². The van der Waals surface area contributed by atoms with E-state index in [4.69, 9.17) is 0 Å². The van der Waals surface area contributed by atoms with Crippen LogP contribution in [0.15, 0.2) is 0 Å². The minimum Gasteiger partial charge on any atom is -0.345 e. The number of nitrogens with one attached hydrogen (secondary N) is 2. The Hall–Kier alpha value is -1.06. The van der Waals surface area contributed by atoms with Gasteiger partial charge in [0.25, 0.3) is 0 Å². The van der Waals surface area contributed by atoms with Crippen LogP contribution in [0.2, 0.25) is 0 Å². The average Bonchev–Trinajstić information content (AvgIpc) is 2.54. The highest BCUT2D eigenvalue weighted by atomic mass is 16.2. The van der Waals surface area contributed by atoms with Crippen molar-refractivity contribution in [1.29, 1.82) is 0 Å². The van der Waals surface area contributed by atoms with Crippen LogP contribution in [0, 0.1) is 23.2 Å². The van der Waals surface area contributed by atoms with Crippen LogP contribution in [0.1, 0.15) is 77.6 Å². The van der Waals surface area contributed by atoms with Gasteiger partial charge in [0, 0.05) is 12.1 Å². The van der Waals surface area contributed by atoms with E-state index in [-0.39, 0.29) is 17.5 Å². The van der Waals surface area contributed by atoms with E-state index in [1.165, 1.54) is 44.9 Å². The third-order valence-corrected chi connectivity index (χ3v) is 7.50. The summed E-state index contributed by atoms with van der Waals surface area (Å²) >= 11 is 0. The highest BCUT2D eigenvalue weighted by Gasteiger charge is 2.53. The van der Waals surface area contributed by atoms with Crippen LogP contribution in [0.4, 0.5) is 0 Å². The van der Waals surface area contributed by atoms with Crippen molar-refractivity contribution in [3.8, 4) is 0 Å². The fraction of sp³-hybridized carbons (Fsp3) is 0.900. The molecular weight excluding hydrogens is 300 g/mol. The van der Waals surface area contributed by atoms with Gasteiger partial charge in [-0.15, -0.1) is 0 Å². The zero-order chi connectivity index (χ0) is 16.7. The summed E-state index contributed by atoms with van der Waals surface area (Å²) in [4.78, 5) is 24.6. The summed E-state index contributed by atoms with van der Waals surface area (Å²) in [5, 5.41) is 6.02. The summed E-state index contributed by atoms with van der Waals surface area (Å²) in [7, 11) is 0. The van der Waals surface area contributed by atoms with E-state index in [9.17, 15) is 9.59 Å². The normalized spacial score (nSPS) is 39.5. The molecule has 0 aromatic rings. The lowest BCUT2D eigenvalue weighted by Gasteiger charge is -2.59. The highest BCUT2D eigenvalue weighted by molar-refractivity contribution is 6.35. The summed E-state index contributed by atoms with van der Waals surface area (Å²) in [5.74, 6) is 1.77. The molecule has 0 aromatic heterocycles. The molecule has 134 valence electrons. The van der Waals surface area contributed by atoms with Gasteiger partial charge in [-0.25, -0.2) is 0 Å². The van der Waals surface area contributed by atoms with E-state index in [0.717, 1.165) is 43.4 Å². The van der Waals surface area contributed by atoms with E-state index in [1.54, 1.807) is 0 Å². The fourth-order valence-corrected chi connectivity index (χ4v) is 6.62. The molecule has 0 spiro atoms. The molecule has 2 N–H and O–H groups in total. The molecule has 0 radical (unpaired) electrons. The predicted octanol–water partition coefficient (Wildman–Crippen LogP) is 3.16. The summed E-state index contributed by atoms with van der Waals surface area (Å²) in [5.41, 5.74) is 0.259. The number of carbonyl (C=O) groups excluding carboxylic acids is 2. The highest BCUT2D eigenvalue weighted by Crippen LogP contribution is 2.61. The van der Waals surface area contributed by atoms with Gasteiger partial charge in [-0.3, -0.25) is 9.59 Å².